The third-order valence-electron chi connectivity index (χ3n) is 2.70. The van der Waals surface area contributed by atoms with Gasteiger partial charge in [-0.05, 0) is 31.5 Å². The predicted molar refractivity (Wildman–Crippen MR) is 84.2 cm³/mol. The number of thioether (sulfide) groups is 1. The zero-order valence-corrected chi connectivity index (χ0v) is 13.5. The first-order valence-corrected chi connectivity index (χ1v) is 8.01. The summed E-state index contributed by atoms with van der Waals surface area (Å²) in [4.78, 5) is 1.06. The van der Waals surface area contributed by atoms with Gasteiger partial charge in [-0.25, -0.2) is 0 Å². The highest BCUT2D eigenvalue weighted by Crippen LogP contribution is 2.32. The van der Waals surface area contributed by atoms with Gasteiger partial charge < -0.3 is 5.32 Å². The quantitative estimate of drug-likeness (QED) is 0.690. The summed E-state index contributed by atoms with van der Waals surface area (Å²) >= 11 is 13.9. The van der Waals surface area contributed by atoms with Crippen molar-refractivity contribution in [2.24, 2.45) is 0 Å². The van der Waals surface area contributed by atoms with Gasteiger partial charge in [0, 0.05) is 27.8 Å². The second-order valence-corrected chi connectivity index (χ2v) is 6.93. The van der Waals surface area contributed by atoms with Gasteiger partial charge in [0.2, 0.25) is 0 Å². The Hall–Kier alpha value is 0.110. The van der Waals surface area contributed by atoms with Crippen molar-refractivity contribution in [1.82, 2.24) is 5.32 Å². The molecule has 1 rings (SSSR count). The first kappa shape index (κ1) is 16.2. The highest BCUT2D eigenvalue weighted by Gasteiger charge is 2.09. The van der Waals surface area contributed by atoms with Crippen LogP contribution in [0.15, 0.2) is 23.1 Å². The molecule has 0 amide bonds. The second-order valence-electron chi connectivity index (χ2n) is 4.60. The van der Waals surface area contributed by atoms with E-state index >= 15 is 0 Å². The normalized spacial score (nSPS) is 14.5. The van der Waals surface area contributed by atoms with Crippen LogP contribution in [0.1, 0.15) is 33.6 Å². The Kier molecular flexibility index (Phi) is 7.47. The molecule has 0 heterocycles. The molecule has 0 spiro atoms. The molecule has 18 heavy (non-hydrogen) atoms. The molecule has 0 fully saturated rings. The van der Waals surface area contributed by atoms with Gasteiger partial charge >= 0.3 is 0 Å². The fraction of sp³-hybridized carbons (Fsp3) is 0.571. The van der Waals surface area contributed by atoms with Crippen LogP contribution in [0, 0.1) is 0 Å². The summed E-state index contributed by atoms with van der Waals surface area (Å²) in [6.07, 6.45) is 2.44. The highest BCUT2D eigenvalue weighted by atomic mass is 35.5. The van der Waals surface area contributed by atoms with E-state index in [1.54, 1.807) is 11.8 Å². The van der Waals surface area contributed by atoms with Crippen LogP contribution in [-0.2, 0) is 0 Å². The second kappa shape index (κ2) is 8.31. The summed E-state index contributed by atoms with van der Waals surface area (Å²) in [6.45, 7) is 7.62. The Bertz CT molecular complexity index is 371. The highest BCUT2D eigenvalue weighted by molar-refractivity contribution is 8.00. The maximum absolute atomic E-state index is 6.15. The van der Waals surface area contributed by atoms with E-state index in [-0.39, 0.29) is 0 Å². The van der Waals surface area contributed by atoms with Gasteiger partial charge in [-0.1, -0.05) is 43.5 Å². The van der Waals surface area contributed by atoms with Crippen molar-refractivity contribution in [3.05, 3.63) is 28.2 Å². The summed E-state index contributed by atoms with van der Waals surface area (Å²) < 4.78 is 0. The third-order valence-corrected chi connectivity index (χ3v) is 4.53. The van der Waals surface area contributed by atoms with E-state index in [0.29, 0.717) is 11.3 Å². The monoisotopic (exact) mass is 305 g/mol. The maximum atomic E-state index is 6.15. The van der Waals surface area contributed by atoms with Crippen molar-refractivity contribution >= 4 is 35.0 Å². The third kappa shape index (κ3) is 5.83. The summed E-state index contributed by atoms with van der Waals surface area (Å²) in [5, 5.41) is 5.53. The van der Waals surface area contributed by atoms with Crippen molar-refractivity contribution in [2.45, 2.75) is 49.8 Å². The van der Waals surface area contributed by atoms with Crippen LogP contribution in [0.2, 0.25) is 10.0 Å². The Morgan fingerprint density at radius 3 is 2.67 bits per heavy atom. The van der Waals surface area contributed by atoms with E-state index in [2.05, 4.69) is 26.1 Å². The Morgan fingerprint density at radius 1 is 1.28 bits per heavy atom. The first-order valence-electron chi connectivity index (χ1n) is 6.38. The number of hydrogen-bond acceptors (Lipinski definition) is 2. The molecule has 0 bridgehead atoms. The van der Waals surface area contributed by atoms with Gasteiger partial charge in [0.25, 0.3) is 0 Å². The van der Waals surface area contributed by atoms with E-state index in [9.17, 15) is 0 Å². The van der Waals surface area contributed by atoms with Crippen molar-refractivity contribution < 1.29 is 0 Å². The molecular weight excluding hydrogens is 285 g/mol. The SMILES string of the molecule is CCCC(C)NCC(C)Sc1cc(Cl)ccc1Cl. The van der Waals surface area contributed by atoms with Gasteiger partial charge in [0.15, 0.2) is 0 Å². The lowest BCUT2D eigenvalue weighted by atomic mass is 10.2. The zero-order chi connectivity index (χ0) is 13.5. The number of halogens is 2. The lowest BCUT2D eigenvalue weighted by molar-refractivity contribution is 0.511. The van der Waals surface area contributed by atoms with Crippen LogP contribution >= 0.6 is 35.0 Å². The smallest absolute Gasteiger partial charge is 0.0543 e. The molecule has 0 saturated heterocycles. The molecule has 2 atom stereocenters. The minimum atomic E-state index is 0.472. The van der Waals surface area contributed by atoms with Crippen LogP contribution in [0.4, 0.5) is 0 Å². The van der Waals surface area contributed by atoms with E-state index < -0.39 is 0 Å². The average Bonchev–Trinajstić information content (AvgIpc) is 2.32. The number of nitrogens with one attached hydrogen (secondary N) is 1. The topological polar surface area (TPSA) is 12.0 Å². The van der Waals surface area contributed by atoms with Crippen molar-refractivity contribution in [1.29, 1.82) is 0 Å². The summed E-state index contributed by atoms with van der Waals surface area (Å²) in [7, 11) is 0. The number of hydrogen-bond donors (Lipinski definition) is 1. The van der Waals surface area contributed by atoms with E-state index in [0.717, 1.165) is 21.5 Å². The minimum absolute atomic E-state index is 0.472. The fourth-order valence-corrected chi connectivity index (χ4v) is 3.20. The molecule has 0 aliphatic carbocycles. The van der Waals surface area contributed by atoms with Crippen LogP contribution in [0.5, 0.6) is 0 Å². The van der Waals surface area contributed by atoms with Crippen molar-refractivity contribution in [3.8, 4) is 0 Å². The zero-order valence-electron chi connectivity index (χ0n) is 11.2. The van der Waals surface area contributed by atoms with Gasteiger partial charge in [0.05, 0.1) is 5.02 Å². The molecule has 0 aliphatic heterocycles. The molecule has 1 N–H and O–H groups in total. The van der Waals surface area contributed by atoms with Crippen LogP contribution in [0.3, 0.4) is 0 Å². The molecule has 0 saturated carbocycles. The Balaban J connectivity index is 2.44. The molecule has 102 valence electrons. The van der Waals surface area contributed by atoms with Crippen molar-refractivity contribution in [2.75, 3.05) is 6.54 Å². The molecule has 0 radical (unpaired) electrons. The molecule has 2 unspecified atom stereocenters. The summed E-state index contributed by atoms with van der Waals surface area (Å²) in [5.41, 5.74) is 0. The van der Waals surface area contributed by atoms with E-state index in [1.807, 2.05) is 18.2 Å². The van der Waals surface area contributed by atoms with Crippen LogP contribution in [0.25, 0.3) is 0 Å². The van der Waals surface area contributed by atoms with Gasteiger partial charge in [0.1, 0.15) is 0 Å². The van der Waals surface area contributed by atoms with E-state index in [1.165, 1.54) is 12.8 Å². The summed E-state index contributed by atoms with van der Waals surface area (Å²) in [6, 6.07) is 6.18. The first-order chi connectivity index (χ1) is 8.52. The van der Waals surface area contributed by atoms with Crippen molar-refractivity contribution in [3.63, 3.8) is 0 Å². The largest absolute Gasteiger partial charge is 0.313 e. The van der Waals surface area contributed by atoms with E-state index in [4.69, 9.17) is 23.2 Å². The maximum Gasteiger partial charge on any atom is 0.0543 e. The van der Waals surface area contributed by atoms with Crippen LogP contribution in [-0.4, -0.2) is 17.8 Å². The Morgan fingerprint density at radius 2 is 2.00 bits per heavy atom. The Labute approximate surface area is 125 Å². The molecule has 1 aromatic carbocycles. The average molecular weight is 306 g/mol. The molecule has 4 heteroatoms. The van der Waals surface area contributed by atoms with Gasteiger partial charge in [-0.3, -0.25) is 0 Å². The van der Waals surface area contributed by atoms with Gasteiger partial charge in [-0.2, -0.15) is 0 Å². The number of rotatable bonds is 7. The molecule has 1 nitrogen and oxygen atoms in total. The van der Waals surface area contributed by atoms with Gasteiger partial charge in [-0.15, -0.1) is 11.8 Å². The molecular formula is C14H21Cl2NS. The summed E-state index contributed by atoms with van der Waals surface area (Å²) in [5.74, 6) is 0. The molecule has 0 aromatic heterocycles. The standard InChI is InChI=1S/C14H21Cl2NS/c1-4-5-10(2)17-9-11(3)18-14-8-12(15)6-7-13(14)16/h6-8,10-11,17H,4-5,9H2,1-3H3. The molecule has 1 aromatic rings. The van der Waals surface area contributed by atoms with Crippen LogP contribution < -0.4 is 5.32 Å². The predicted octanol–water partition coefficient (Wildman–Crippen LogP) is 5.25. The number of benzene rings is 1. The lowest BCUT2D eigenvalue weighted by Gasteiger charge is -2.17. The molecule has 0 aliphatic rings. The minimum Gasteiger partial charge on any atom is -0.313 e. The lowest BCUT2D eigenvalue weighted by Crippen LogP contribution is -2.31. The fourth-order valence-electron chi connectivity index (χ4n) is 1.73.